The fraction of sp³-hybridized carbons (Fsp3) is 0.500. The Morgan fingerprint density at radius 3 is 3.08 bits per heavy atom. The summed E-state index contributed by atoms with van der Waals surface area (Å²) < 4.78 is 0. The third-order valence-corrected chi connectivity index (χ3v) is 3.60. The van der Waals surface area contributed by atoms with Gasteiger partial charge in [-0.15, -0.1) is 6.58 Å². The molecule has 0 atom stereocenters. The number of amidine groups is 1. The van der Waals surface area contributed by atoms with Crippen LogP contribution in [0.15, 0.2) is 29.9 Å². The number of hydrogen-bond acceptors (Lipinski definition) is 3. The summed E-state index contributed by atoms with van der Waals surface area (Å²) in [6.07, 6.45) is 8.58. The van der Waals surface area contributed by atoms with E-state index in [4.69, 9.17) is 0 Å². The second-order valence-electron chi connectivity index (χ2n) is 3.40. The van der Waals surface area contributed by atoms with Crippen molar-refractivity contribution in [2.75, 3.05) is 6.54 Å². The van der Waals surface area contributed by atoms with E-state index in [1.54, 1.807) is 0 Å². The van der Waals surface area contributed by atoms with Crippen molar-refractivity contribution in [1.29, 1.82) is 0 Å². The largest absolute Gasteiger partial charge is 0.342 e. The van der Waals surface area contributed by atoms with E-state index >= 15 is 0 Å². The molecular weight excluding hydrogens is 180 g/mol. The van der Waals surface area contributed by atoms with Gasteiger partial charge in [-0.1, -0.05) is 17.8 Å². The van der Waals surface area contributed by atoms with Gasteiger partial charge in [-0.25, -0.2) is 0 Å². The monoisotopic (exact) mass is 194 g/mol. The van der Waals surface area contributed by atoms with Crippen LogP contribution in [0.2, 0.25) is 0 Å². The van der Waals surface area contributed by atoms with Crippen molar-refractivity contribution >= 4 is 16.9 Å². The van der Waals surface area contributed by atoms with Gasteiger partial charge >= 0.3 is 0 Å². The Labute approximate surface area is 83.2 Å². The molecule has 0 aromatic carbocycles. The molecule has 70 valence electrons. The van der Waals surface area contributed by atoms with Crippen LogP contribution in [0, 0.1) is 5.92 Å². The van der Waals surface area contributed by atoms with Crippen LogP contribution in [-0.2, 0) is 0 Å². The first kappa shape index (κ1) is 8.88. The summed E-state index contributed by atoms with van der Waals surface area (Å²) in [5.41, 5.74) is 0. The number of nitrogens with one attached hydrogen (secondary N) is 1. The summed E-state index contributed by atoms with van der Waals surface area (Å²) in [6, 6.07) is 0. The smallest absolute Gasteiger partial charge is 0.161 e. The second kappa shape index (κ2) is 4.01. The van der Waals surface area contributed by atoms with Gasteiger partial charge < -0.3 is 5.32 Å². The number of nitrogens with zero attached hydrogens (tertiary/aromatic N) is 1. The summed E-state index contributed by atoms with van der Waals surface area (Å²) >= 11 is 1.87. The lowest BCUT2D eigenvalue weighted by molar-refractivity contribution is 0.405. The maximum atomic E-state index is 4.36. The van der Waals surface area contributed by atoms with Gasteiger partial charge in [0.2, 0.25) is 0 Å². The zero-order chi connectivity index (χ0) is 9.10. The number of thioether (sulfide) groups is 1. The number of allylic oxidation sites excluding steroid dienone is 1. The lowest BCUT2D eigenvalue weighted by Gasteiger charge is -2.32. The van der Waals surface area contributed by atoms with Gasteiger partial charge in [0.25, 0.3) is 0 Å². The SMILES string of the molecule is C=CC1CC(SC2=NCC=CN2)C1. The predicted octanol–water partition coefficient (Wildman–Crippen LogP) is 2.16. The molecule has 0 bridgehead atoms. The average Bonchev–Trinajstić information content (AvgIpc) is 2.12. The van der Waals surface area contributed by atoms with E-state index in [0.29, 0.717) is 0 Å². The molecule has 1 aliphatic heterocycles. The Kier molecular flexibility index (Phi) is 2.74. The lowest BCUT2D eigenvalue weighted by atomic mass is 9.85. The zero-order valence-corrected chi connectivity index (χ0v) is 8.39. The number of aliphatic imine (C=N–C) groups is 1. The van der Waals surface area contributed by atoms with Crippen molar-refractivity contribution in [3.63, 3.8) is 0 Å². The highest BCUT2D eigenvalue weighted by atomic mass is 32.2. The molecule has 1 saturated carbocycles. The van der Waals surface area contributed by atoms with E-state index in [9.17, 15) is 0 Å². The maximum absolute atomic E-state index is 4.36. The number of rotatable bonds is 2. The van der Waals surface area contributed by atoms with Gasteiger partial charge in [-0.2, -0.15) is 0 Å². The molecule has 0 saturated heterocycles. The minimum atomic E-state index is 0.747. The normalized spacial score (nSPS) is 31.5. The molecule has 1 fully saturated rings. The molecule has 0 unspecified atom stereocenters. The minimum absolute atomic E-state index is 0.747. The highest BCUT2D eigenvalue weighted by Crippen LogP contribution is 2.37. The predicted molar refractivity (Wildman–Crippen MR) is 58.9 cm³/mol. The van der Waals surface area contributed by atoms with Crippen molar-refractivity contribution in [3.05, 3.63) is 24.9 Å². The van der Waals surface area contributed by atoms with Crippen LogP contribution >= 0.6 is 11.8 Å². The van der Waals surface area contributed by atoms with Crippen LogP contribution in [0.4, 0.5) is 0 Å². The minimum Gasteiger partial charge on any atom is -0.342 e. The number of hydrogen-bond donors (Lipinski definition) is 1. The second-order valence-corrected chi connectivity index (χ2v) is 4.69. The van der Waals surface area contributed by atoms with E-state index in [-0.39, 0.29) is 0 Å². The molecule has 0 aromatic heterocycles. The molecule has 1 heterocycles. The molecule has 0 radical (unpaired) electrons. The van der Waals surface area contributed by atoms with Gasteiger partial charge in [0.15, 0.2) is 5.17 Å². The van der Waals surface area contributed by atoms with Gasteiger partial charge in [-0.05, 0) is 24.8 Å². The molecule has 2 nitrogen and oxygen atoms in total. The van der Waals surface area contributed by atoms with Crippen LogP contribution in [0.3, 0.4) is 0 Å². The third-order valence-electron chi connectivity index (χ3n) is 2.41. The van der Waals surface area contributed by atoms with Gasteiger partial charge in [0.1, 0.15) is 0 Å². The molecule has 1 N–H and O–H groups in total. The molecular formula is C10H14N2S. The molecule has 0 amide bonds. The molecule has 0 spiro atoms. The molecule has 0 aromatic rings. The maximum Gasteiger partial charge on any atom is 0.161 e. The molecule has 13 heavy (non-hydrogen) atoms. The van der Waals surface area contributed by atoms with Crippen LogP contribution in [0.1, 0.15) is 12.8 Å². The molecule has 2 rings (SSSR count). The van der Waals surface area contributed by atoms with Crippen LogP contribution in [-0.4, -0.2) is 17.0 Å². The Morgan fingerprint density at radius 2 is 2.46 bits per heavy atom. The fourth-order valence-electron chi connectivity index (χ4n) is 1.49. The molecule has 1 aliphatic carbocycles. The highest BCUT2D eigenvalue weighted by Gasteiger charge is 2.28. The highest BCUT2D eigenvalue weighted by molar-refractivity contribution is 8.14. The van der Waals surface area contributed by atoms with Crippen molar-refractivity contribution in [2.45, 2.75) is 18.1 Å². The van der Waals surface area contributed by atoms with Gasteiger partial charge in [-0.3, -0.25) is 4.99 Å². The molecule has 3 heteroatoms. The first-order valence-corrected chi connectivity index (χ1v) is 5.51. The van der Waals surface area contributed by atoms with Crippen LogP contribution in [0.5, 0.6) is 0 Å². The van der Waals surface area contributed by atoms with E-state index in [1.165, 1.54) is 12.8 Å². The van der Waals surface area contributed by atoms with Crippen molar-refractivity contribution < 1.29 is 0 Å². The van der Waals surface area contributed by atoms with E-state index in [0.717, 1.165) is 22.9 Å². The standard InChI is InChI=1S/C10H14N2S/c1-2-8-6-9(7-8)13-10-11-4-3-5-12-10/h2-4,8-9H,1,5-7H2,(H,11,12). The summed E-state index contributed by atoms with van der Waals surface area (Å²) in [5.74, 6) is 0.747. The first-order chi connectivity index (χ1) is 6.38. The summed E-state index contributed by atoms with van der Waals surface area (Å²) in [7, 11) is 0. The Morgan fingerprint density at radius 1 is 1.62 bits per heavy atom. The van der Waals surface area contributed by atoms with Crippen molar-refractivity contribution in [2.24, 2.45) is 10.9 Å². The quantitative estimate of drug-likeness (QED) is 0.681. The fourth-order valence-corrected chi connectivity index (χ4v) is 2.78. The Balaban J connectivity index is 1.74. The topological polar surface area (TPSA) is 24.4 Å². The summed E-state index contributed by atoms with van der Waals surface area (Å²) in [5, 5.41) is 4.99. The van der Waals surface area contributed by atoms with E-state index in [1.807, 2.05) is 24.0 Å². The molecule has 2 aliphatic rings. The Hall–Kier alpha value is -0.700. The zero-order valence-electron chi connectivity index (χ0n) is 7.57. The van der Waals surface area contributed by atoms with Gasteiger partial charge in [0.05, 0.1) is 6.54 Å². The van der Waals surface area contributed by atoms with Crippen molar-refractivity contribution in [1.82, 2.24) is 5.32 Å². The van der Waals surface area contributed by atoms with Crippen LogP contribution in [0.25, 0.3) is 0 Å². The third kappa shape index (κ3) is 2.15. The summed E-state index contributed by atoms with van der Waals surface area (Å²) in [4.78, 5) is 4.36. The average molecular weight is 194 g/mol. The Bertz CT molecular complexity index is 252. The lowest BCUT2D eigenvalue weighted by Crippen LogP contribution is -2.29. The van der Waals surface area contributed by atoms with Crippen molar-refractivity contribution in [3.8, 4) is 0 Å². The van der Waals surface area contributed by atoms with E-state index in [2.05, 4.69) is 23.0 Å². The summed E-state index contributed by atoms with van der Waals surface area (Å²) in [6.45, 7) is 4.62. The van der Waals surface area contributed by atoms with Crippen LogP contribution < -0.4 is 5.32 Å². The van der Waals surface area contributed by atoms with E-state index < -0.39 is 0 Å². The first-order valence-electron chi connectivity index (χ1n) is 4.63. The van der Waals surface area contributed by atoms with Gasteiger partial charge in [0, 0.05) is 11.4 Å².